The van der Waals surface area contributed by atoms with Gasteiger partial charge in [0.1, 0.15) is 17.1 Å². The SMILES string of the molecule is COc1ccc(Cl)cc1C(=O)N(Cc1cccnc1)c1nc2c(F)cc(F)cc2s1. The average molecular weight is 446 g/mol. The van der Waals surface area contributed by atoms with Crippen LogP contribution in [-0.2, 0) is 6.54 Å². The van der Waals surface area contributed by atoms with Crippen molar-refractivity contribution in [1.29, 1.82) is 0 Å². The second-order valence-electron chi connectivity index (χ2n) is 6.33. The molecule has 4 rings (SSSR count). The number of anilines is 1. The van der Waals surface area contributed by atoms with E-state index in [-0.39, 0.29) is 22.8 Å². The van der Waals surface area contributed by atoms with Crippen molar-refractivity contribution in [2.75, 3.05) is 12.0 Å². The Labute approximate surface area is 179 Å². The standard InChI is InChI=1S/C21H14ClF2N3O2S/c1-29-17-5-4-13(22)7-15(17)20(28)27(11-12-3-2-6-25-10-12)21-26-19-16(24)8-14(23)9-18(19)30-21/h2-10H,11H2,1H3. The molecular weight excluding hydrogens is 432 g/mol. The minimum atomic E-state index is -0.790. The van der Waals surface area contributed by atoms with Crippen molar-refractivity contribution >= 4 is 44.2 Å². The van der Waals surface area contributed by atoms with Crippen molar-refractivity contribution in [3.63, 3.8) is 0 Å². The second-order valence-corrected chi connectivity index (χ2v) is 7.77. The zero-order valence-electron chi connectivity index (χ0n) is 15.6. The van der Waals surface area contributed by atoms with Crippen LogP contribution < -0.4 is 9.64 Å². The Morgan fingerprint density at radius 3 is 2.80 bits per heavy atom. The van der Waals surface area contributed by atoms with Gasteiger partial charge in [0.15, 0.2) is 10.9 Å². The van der Waals surface area contributed by atoms with E-state index in [2.05, 4.69) is 9.97 Å². The van der Waals surface area contributed by atoms with Crippen LogP contribution in [0.3, 0.4) is 0 Å². The molecule has 0 bridgehead atoms. The van der Waals surface area contributed by atoms with Crippen molar-refractivity contribution in [1.82, 2.24) is 9.97 Å². The molecule has 0 aliphatic carbocycles. The number of carbonyl (C=O) groups is 1. The Morgan fingerprint density at radius 2 is 2.07 bits per heavy atom. The van der Waals surface area contributed by atoms with Gasteiger partial charge in [-0.15, -0.1) is 0 Å². The van der Waals surface area contributed by atoms with Crippen molar-refractivity contribution < 1.29 is 18.3 Å². The molecular formula is C21H14ClF2N3O2S. The van der Waals surface area contributed by atoms with Gasteiger partial charge in [-0.3, -0.25) is 14.7 Å². The number of hydrogen-bond acceptors (Lipinski definition) is 5. The second kappa shape index (κ2) is 8.33. The number of thiazole rings is 1. The largest absolute Gasteiger partial charge is 0.496 e. The molecule has 152 valence electrons. The van der Waals surface area contributed by atoms with E-state index >= 15 is 0 Å². The Kier molecular flexibility index (Phi) is 5.61. The van der Waals surface area contributed by atoms with Crippen molar-refractivity contribution in [2.45, 2.75) is 6.54 Å². The van der Waals surface area contributed by atoms with Crippen LogP contribution in [0.2, 0.25) is 5.02 Å². The molecule has 0 radical (unpaired) electrons. The van der Waals surface area contributed by atoms with Gasteiger partial charge in [0.2, 0.25) is 0 Å². The molecule has 0 spiro atoms. The van der Waals surface area contributed by atoms with Gasteiger partial charge < -0.3 is 4.74 Å². The van der Waals surface area contributed by atoms with E-state index in [4.69, 9.17) is 16.3 Å². The van der Waals surface area contributed by atoms with Crippen LogP contribution in [0.4, 0.5) is 13.9 Å². The summed E-state index contributed by atoms with van der Waals surface area (Å²) in [6.45, 7) is 0.117. The fourth-order valence-corrected chi connectivity index (χ4v) is 4.13. The molecule has 0 N–H and O–H groups in total. The number of aromatic nitrogens is 2. The molecule has 0 aliphatic rings. The number of nitrogens with zero attached hydrogens (tertiary/aromatic N) is 3. The fourth-order valence-electron chi connectivity index (χ4n) is 2.95. The maximum Gasteiger partial charge on any atom is 0.264 e. The molecule has 30 heavy (non-hydrogen) atoms. The van der Waals surface area contributed by atoms with Crippen LogP contribution in [0.1, 0.15) is 15.9 Å². The highest BCUT2D eigenvalue weighted by atomic mass is 35.5. The predicted octanol–water partition coefficient (Wildman–Crippen LogP) is 5.48. The summed E-state index contributed by atoms with van der Waals surface area (Å²) >= 11 is 7.10. The highest BCUT2D eigenvalue weighted by Crippen LogP contribution is 2.34. The average Bonchev–Trinajstić information content (AvgIpc) is 3.16. The van der Waals surface area contributed by atoms with E-state index < -0.39 is 17.5 Å². The van der Waals surface area contributed by atoms with Crippen LogP contribution >= 0.6 is 22.9 Å². The van der Waals surface area contributed by atoms with E-state index in [0.717, 1.165) is 23.0 Å². The summed E-state index contributed by atoms with van der Waals surface area (Å²) in [7, 11) is 1.45. The lowest BCUT2D eigenvalue weighted by molar-refractivity contribution is 0.0982. The van der Waals surface area contributed by atoms with Crippen molar-refractivity contribution in [2.24, 2.45) is 0 Å². The lowest BCUT2D eigenvalue weighted by Crippen LogP contribution is -2.30. The number of hydrogen-bond donors (Lipinski definition) is 0. The van der Waals surface area contributed by atoms with Gasteiger partial charge in [0, 0.05) is 23.5 Å². The lowest BCUT2D eigenvalue weighted by Gasteiger charge is -2.21. The Bertz CT molecular complexity index is 1230. The molecule has 0 fully saturated rings. The third-order valence-corrected chi connectivity index (χ3v) is 5.59. The summed E-state index contributed by atoms with van der Waals surface area (Å²) in [5.41, 5.74) is 0.955. The molecule has 1 amide bonds. The fraction of sp³-hybridized carbons (Fsp3) is 0.0952. The molecule has 0 saturated heterocycles. The molecule has 2 aromatic heterocycles. The molecule has 5 nitrogen and oxygen atoms in total. The first-order valence-corrected chi connectivity index (χ1v) is 9.95. The van der Waals surface area contributed by atoms with Gasteiger partial charge in [-0.05, 0) is 35.9 Å². The Morgan fingerprint density at radius 1 is 1.23 bits per heavy atom. The number of rotatable bonds is 5. The van der Waals surface area contributed by atoms with Gasteiger partial charge in [-0.2, -0.15) is 0 Å². The summed E-state index contributed by atoms with van der Waals surface area (Å²) in [6.07, 6.45) is 3.23. The Hall–Kier alpha value is -3.10. The van der Waals surface area contributed by atoms with Gasteiger partial charge in [0.25, 0.3) is 5.91 Å². The topological polar surface area (TPSA) is 55.3 Å². The number of benzene rings is 2. The molecule has 4 aromatic rings. The van der Waals surface area contributed by atoms with E-state index in [9.17, 15) is 13.6 Å². The predicted molar refractivity (Wildman–Crippen MR) is 112 cm³/mol. The third-order valence-electron chi connectivity index (χ3n) is 4.33. The lowest BCUT2D eigenvalue weighted by atomic mass is 10.1. The van der Waals surface area contributed by atoms with E-state index in [1.165, 1.54) is 24.1 Å². The maximum atomic E-state index is 14.2. The number of methoxy groups -OCH3 is 1. The zero-order chi connectivity index (χ0) is 21.3. The van der Waals surface area contributed by atoms with E-state index in [1.807, 2.05) is 0 Å². The Balaban J connectivity index is 1.84. The van der Waals surface area contributed by atoms with Gasteiger partial charge in [-0.1, -0.05) is 29.0 Å². The zero-order valence-corrected chi connectivity index (χ0v) is 17.2. The number of halogens is 3. The van der Waals surface area contributed by atoms with Crippen molar-refractivity contribution in [3.8, 4) is 5.75 Å². The van der Waals surface area contributed by atoms with Crippen LogP contribution in [0, 0.1) is 11.6 Å². The molecule has 2 aromatic carbocycles. The van der Waals surface area contributed by atoms with Gasteiger partial charge in [0.05, 0.1) is 23.9 Å². The molecule has 2 heterocycles. The summed E-state index contributed by atoms with van der Waals surface area (Å²) in [5, 5.41) is 0.572. The molecule has 0 saturated carbocycles. The summed E-state index contributed by atoms with van der Waals surface area (Å²) in [4.78, 5) is 23.2. The molecule has 0 aliphatic heterocycles. The van der Waals surface area contributed by atoms with Gasteiger partial charge >= 0.3 is 0 Å². The van der Waals surface area contributed by atoms with Crippen molar-refractivity contribution in [3.05, 3.63) is 82.6 Å². The number of carbonyl (C=O) groups excluding carboxylic acids is 1. The third kappa shape index (κ3) is 3.96. The smallest absolute Gasteiger partial charge is 0.264 e. The number of ether oxygens (including phenoxy) is 1. The first kappa shape index (κ1) is 20.2. The molecule has 9 heteroatoms. The van der Waals surface area contributed by atoms with Crippen LogP contribution in [-0.4, -0.2) is 23.0 Å². The van der Waals surface area contributed by atoms with Crippen LogP contribution in [0.25, 0.3) is 10.2 Å². The monoisotopic (exact) mass is 445 g/mol. The summed E-state index contributed by atoms with van der Waals surface area (Å²) in [6, 6.07) is 10.2. The van der Waals surface area contributed by atoms with E-state index in [1.54, 1.807) is 36.7 Å². The van der Waals surface area contributed by atoms with E-state index in [0.29, 0.717) is 15.5 Å². The highest BCUT2D eigenvalue weighted by Gasteiger charge is 2.25. The van der Waals surface area contributed by atoms with Crippen LogP contribution in [0.15, 0.2) is 54.9 Å². The minimum Gasteiger partial charge on any atom is -0.496 e. The number of amides is 1. The molecule has 0 atom stereocenters. The summed E-state index contributed by atoms with van der Waals surface area (Å²) < 4.78 is 33.4. The normalized spacial score (nSPS) is 10.9. The van der Waals surface area contributed by atoms with Gasteiger partial charge in [-0.25, -0.2) is 13.8 Å². The quantitative estimate of drug-likeness (QED) is 0.408. The van der Waals surface area contributed by atoms with Crippen LogP contribution in [0.5, 0.6) is 5.75 Å². The minimum absolute atomic E-state index is 0.00144. The first-order chi connectivity index (χ1) is 14.5. The maximum absolute atomic E-state index is 14.2. The number of fused-ring (bicyclic) bond motifs is 1. The first-order valence-electron chi connectivity index (χ1n) is 8.76. The molecule has 0 unspecified atom stereocenters. The highest BCUT2D eigenvalue weighted by molar-refractivity contribution is 7.22. The number of pyridine rings is 1. The summed E-state index contributed by atoms with van der Waals surface area (Å²) in [5.74, 6) is -1.62.